The van der Waals surface area contributed by atoms with Gasteiger partial charge in [-0.05, 0) is 31.7 Å². The van der Waals surface area contributed by atoms with Crippen molar-refractivity contribution in [2.75, 3.05) is 7.05 Å². The fraction of sp³-hybridized carbons (Fsp3) is 0.273. The molecule has 1 aromatic carbocycles. The maximum absolute atomic E-state index is 4.01. The maximum Gasteiger partial charge on any atom is 0.0800 e. The van der Waals surface area contributed by atoms with Crippen LogP contribution in [0.5, 0.6) is 0 Å². The van der Waals surface area contributed by atoms with E-state index in [9.17, 15) is 0 Å². The van der Waals surface area contributed by atoms with Gasteiger partial charge in [0.2, 0.25) is 0 Å². The van der Waals surface area contributed by atoms with Crippen molar-refractivity contribution in [3.05, 3.63) is 41.7 Å². The third kappa shape index (κ3) is 2.22. The van der Waals surface area contributed by atoms with Crippen molar-refractivity contribution in [3.8, 4) is 5.69 Å². The van der Waals surface area contributed by atoms with Crippen LogP contribution >= 0.6 is 0 Å². The maximum atomic E-state index is 4.01. The first-order valence-corrected chi connectivity index (χ1v) is 4.92. The minimum Gasteiger partial charge on any atom is -0.316 e. The molecule has 0 amide bonds. The van der Waals surface area contributed by atoms with Gasteiger partial charge in [0, 0.05) is 6.54 Å². The lowest BCUT2D eigenvalue weighted by Crippen LogP contribution is -2.05. The lowest BCUT2D eigenvalue weighted by molar-refractivity contribution is 0.794. The van der Waals surface area contributed by atoms with Gasteiger partial charge in [0.1, 0.15) is 0 Å². The van der Waals surface area contributed by atoms with Gasteiger partial charge in [0.05, 0.1) is 17.6 Å². The highest BCUT2D eigenvalue weighted by molar-refractivity contribution is 5.33. The molecule has 0 radical (unpaired) electrons. The molecule has 0 unspecified atom stereocenters. The summed E-state index contributed by atoms with van der Waals surface area (Å²) in [6, 6.07) is 8.26. The molecular formula is C11H14N4. The first kappa shape index (κ1) is 9.86. The molecule has 0 spiro atoms. The van der Waals surface area contributed by atoms with E-state index >= 15 is 0 Å². The normalized spacial score (nSPS) is 10.5. The van der Waals surface area contributed by atoms with Gasteiger partial charge in [-0.3, -0.25) is 0 Å². The van der Waals surface area contributed by atoms with Crippen LogP contribution in [0.1, 0.15) is 11.3 Å². The molecule has 0 aliphatic heterocycles. The quantitative estimate of drug-likeness (QED) is 0.815. The number of rotatable bonds is 3. The van der Waals surface area contributed by atoms with E-state index in [1.54, 1.807) is 4.68 Å². The van der Waals surface area contributed by atoms with Crippen LogP contribution in [0.2, 0.25) is 0 Å². The third-order valence-electron chi connectivity index (χ3n) is 2.19. The van der Waals surface area contributed by atoms with Crippen molar-refractivity contribution in [1.29, 1.82) is 0 Å². The predicted octanol–water partition coefficient (Wildman–Crippen LogP) is 1.30. The monoisotopic (exact) mass is 202 g/mol. The Labute approximate surface area is 88.9 Å². The SMILES string of the molecule is CNCc1ccc(-n2cc(C)nn2)cc1. The minimum atomic E-state index is 0.886. The lowest BCUT2D eigenvalue weighted by Gasteiger charge is -2.02. The highest BCUT2D eigenvalue weighted by Gasteiger charge is 1.98. The number of aromatic nitrogens is 3. The molecule has 0 aliphatic rings. The fourth-order valence-electron chi connectivity index (χ4n) is 1.44. The molecule has 1 aromatic heterocycles. The summed E-state index contributed by atoms with van der Waals surface area (Å²) < 4.78 is 1.78. The Morgan fingerprint density at radius 1 is 1.27 bits per heavy atom. The highest BCUT2D eigenvalue weighted by Crippen LogP contribution is 2.08. The van der Waals surface area contributed by atoms with E-state index in [0.717, 1.165) is 17.9 Å². The average molecular weight is 202 g/mol. The van der Waals surface area contributed by atoms with Gasteiger partial charge in [0.25, 0.3) is 0 Å². The van der Waals surface area contributed by atoms with Crippen molar-refractivity contribution in [2.24, 2.45) is 0 Å². The summed E-state index contributed by atoms with van der Waals surface area (Å²) in [5.41, 5.74) is 3.22. The molecule has 0 saturated heterocycles. The lowest BCUT2D eigenvalue weighted by atomic mass is 10.2. The molecule has 1 heterocycles. The number of aryl methyl sites for hydroxylation is 1. The van der Waals surface area contributed by atoms with Crippen LogP contribution in [0, 0.1) is 6.92 Å². The van der Waals surface area contributed by atoms with Crippen LogP contribution in [0.25, 0.3) is 5.69 Å². The Kier molecular flexibility index (Phi) is 2.78. The molecule has 4 heteroatoms. The summed E-state index contributed by atoms with van der Waals surface area (Å²) in [7, 11) is 1.94. The Bertz CT molecular complexity index is 430. The van der Waals surface area contributed by atoms with E-state index < -0.39 is 0 Å². The summed E-state index contributed by atoms with van der Waals surface area (Å²) >= 11 is 0. The van der Waals surface area contributed by atoms with Crippen molar-refractivity contribution >= 4 is 0 Å². The van der Waals surface area contributed by atoms with Gasteiger partial charge in [-0.2, -0.15) is 0 Å². The third-order valence-corrected chi connectivity index (χ3v) is 2.19. The molecule has 0 aliphatic carbocycles. The molecule has 1 N–H and O–H groups in total. The number of hydrogen-bond donors (Lipinski definition) is 1. The Balaban J connectivity index is 2.23. The van der Waals surface area contributed by atoms with Crippen LogP contribution in [-0.4, -0.2) is 22.0 Å². The first-order valence-electron chi connectivity index (χ1n) is 4.92. The molecule has 2 aromatic rings. The van der Waals surface area contributed by atoms with E-state index in [2.05, 4.69) is 27.8 Å². The van der Waals surface area contributed by atoms with Crippen molar-refractivity contribution in [2.45, 2.75) is 13.5 Å². The van der Waals surface area contributed by atoms with E-state index in [0.29, 0.717) is 0 Å². The van der Waals surface area contributed by atoms with Gasteiger partial charge < -0.3 is 5.32 Å². The van der Waals surface area contributed by atoms with Gasteiger partial charge in [0.15, 0.2) is 0 Å². The standard InChI is InChI=1S/C11H14N4/c1-9-8-15(14-13-9)11-5-3-10(4-6-11)7-12-2/h3-6,8,12H,7H2,1-2H3. The van der Waals surface area contributed by atoms with Gasteiger partial charge in [-0.25, -0.2) is 4.68 Å². The smallest absolute Gasteiger partial charge is 0.0800 e. The molecule has 0 saturated carbocycles. The van der Waals surface area contributed by atoms with Crippen LogP contribution < -0.4 is 5.32 Å². The predicted molar refractivity (Wildman–Crippen MR) is 58.9 cm³/mol. The van der Waals surface area contributed by atoms with Crippen molar-refractivity contribution in [1.82, 2.24) is 20.3 Å². The van der Waals surface area contributed by atoms with E-state index in [4.69, 9.17) is 0 Å². The number of benzene rings is 1. The summed E-state index contributed by atoms with van der Waals surface area (Å²) in [4.78, 5) is 0. The van der Waals surface area contributed by atoms with Gasteiger partial charge in [-0.15, -0.1) is 5.10 Å². The number of hydrogen-bond acceptors (Lipinski definition) is 3. The highest BCUT2D eigenvalue weighted by atomic mass is 15.4. The molecule has 4 nitrogen and oxygen atoms in total. The van der Waals surface area contributed by atoms with Gasteiger partial charge >= 0.3 is 0 Å². The van der Waals surface area contributed by atoms with Crippen molar-refractivity contribution in [3.63, 3.8) is 0 Å². The van der Waals surface area contributed by atoms with E-state index in [1.807, 2.05) is 32.3 Å². The topological polar surface area (TPSA) is 42.7 Å². The molecule has 78 valence electrons. The zero-order valence-corrected chi connectivity index (χ0v) is 8.94. The Hall–Kier alpha value is -1.68. The van der Waals surface area contributed by atoms with Crippen LogP contribution in [0.3, 0.4) is 0 Å². The summed E-state index contributed by atoms with van der Waals surface area (Å²) in [6.07, 6.45) is 1.91. The molecule has 0 bridgehead atoms. The largest absolute Gasteiger partial charge is 0.316 e. The van der Waals surface area contributed by atoms with Crippen LogP contribution in [0.15, 0.2) is 30.5 Å². The molecule has 15 heavy (non-hydrogen) atoms. The average Bonchev–Trinajstić information content (AvgIpc) is 2.67. The molecule has 0 atom stereocenters. The molecular weight excluding hydrogens is 188 g/mol. The van der Waals surface area contributed by atoms with Crippen molar-refractivity contribution < 1.29 is 0 Å². The van der Waals surface area contributed by atoms with Crippen LogP contribution in [-0.2, 0) is 6.54 Å². The number of nitrogens with one attached hydrogen (secondary N) is 1. The zero-order valence-electron chi connectivity index (χ0n) is 8.94. The first-order chi connectivity index (χ1) is 7.29. The zero-order chi connectivity index (χ0) is 10.7. The minimum absolute atomic E-state index is 0.886. The summed E-state index contributed by atoms with van der Waals surface area (Å²) in [5.74, 6) is 0. The van der Waals surface area contributed by atoms with E-state index in [-0.39, 0.29) is 0 Å². The fourth-order valence-corrected chi connectivity index (χ4v) is 1.44. The summed E-state index contributed by atoms with van der Waals surface area (Å²) in [6.45, 7) is 2.82. The summed E-state index contributed by atoms with van der Waals surface area (Å²) in [5, 5.41) is 11.1. The molecule has 0 fully saturated rings. The van der Waals surface area contributed by atoms with E-state index in [1.165, 1.54) is 5.56 Å². The van der Waals surface area contributed by atoms with Gasteiger partial charge in [-0.1, -0.05) is 17.3 Å². The second-order valence-corrected chi connectivity index (χ2v) is 3.50. The van der Waals surface area contributed by atoms with Crippen LogP contribution in [0.4, 0.5) is 0 Å². The second kappa shape index (κ2) is 4.23. The number of nitrogens with zero attached hydrogens (tertiary/aromatic N) is 3. The molecule has 2 rings (SSSR count). The Morgan fingerprint density at radius 2 is 2.00 bits per heavy atom. The second-order valence-electron chi connectivity index (χ2n) is 3.50. The Morgan fingerprint density at radius 3 is 2.53 bits per heavy atom.